The number of nitrogens with two attached hydrogens (primary N) is 1. The van der Waals surface area contributed by atoms with Crippen LogP contribution in [0.25, 0.3) is 0 Å². The van der Waals surface area contributed by atoms with Gasteiger partial charge in [0.05, 0.1) is 6.20 Å². The lowest BCUT2D eigenvalue weighted by Gasteiger charge is -2.03. The van der Waals surface area contributed by atoms with E-state index < -0.39 is 0 Å². The summed E-state index contributed by atoms with van der Waals surface area (Å²) >= 11 is 0. The molecule has 0 spiro atoms. The number of aromatic hydroxyl groups is 1. The Hall–Kier alpha value is -2.17. The van der Waals surface area contributed by atoms with Crippen LogP contribution in [0, 0.1) is 0 Å². The van der Waals surface area contributed by atoms with Crippen molar-refractivity contribution in [2.24, 2.45) is 0 Å². The zero-order chi connectivity index (χ0) is 10.7. The minimum absolute atomic E-state index is 0.115. The lowest BCUT2D eigenvalue weighted by Crippen LogP contribution is -1.93. The molecule has 78 valence electrons. The number of benzene rings is 1. The van der Waals surface area contributed by atoms with E-state index in [9.17, 15) is 5.11 Å². The number of phenolic OH excluding ortho intramolecular Hbond substituents is 1. The van der Waals surface area contributed by atoms with Gasteiger partial charge in [0.25, 0.3) is 6.01 Å². The predicted molar refractivity (Wildman–Crippen MR) is 53.4 cm³/mol. The smallest absolute Gasteiger partial charge is 0.292 e. The highest BCUT2D eigenvalue weighted by Gasteiger charge is 2.01. The average molecular weight is 206 g/mol. The minimum atomic E-state index is 0.115. The summed E-state index contributed by atoms with van der Waals surface area (Å²) in [6.45, 7) is 0.230. The Morgan fingerprint density at radius 2 is 2.33 bits per heavy atom. The lowest BCUT2D eigenvalue weighted by atomic mass is 10.3. The summed E-state index contributed by atoms with van der Waals surface area (Å²) < 4.78 is 10.4. The number of ether oxygens (including phenoxy) is 1. The fraction of sp³-hybridized carbons (Fsp3) is 0.100. The van der Waals surface area contributed by atoms with Crippen LogP contribution in [0.4, 0.5) is 6.01 Å². The molecule has 1 aromatic carbocycles. The third kappa shape index (κ3) is 2.40. The Balaban J connectivity index is 1.99. The highest BCUT2D eigenvalue weighted by molar-refractivity contribution is 5.31. The van der Waals surface area contributed by atoms with E-state index in [1.54, 1.807) is 18.2 Å². The van der Waals surface area contributed by atoms with Crippen LogP contribution in [0.1, 0.15) is 5.76 Å². The number of aromatic nitrogens is 1. The molecular weight excluding hydrogens is 196 g/mol. The maximum Gasteiger partial charge on any atom is 0.292 e. The molecule has 0 fully saturated rings. The maximum absolute atomic E-state index is 9.18. The second kappa shape index (κ2) is 3.91. The maximum atomic E-state index is 9.18. The molecule has 5 heteroatoms. The molecule has 0 aliphatic rings. The second-order valence-electron chi connectivity index (χ2n) is 2.95. The van der Waals surface area contributed by atoms with Gasteiger partial charge in [0, 0.05) is 6.07 Å². The third-order valence-electron chi connectivity index (χ3n) is 1.77. The van der Waals surface area contributed by atoms with Gasteiger partial charge in [-0.25, -0.2) is 4.98 Å². The molecule has 0 amide bonds. The molecule has 3 N–H and O–H groups in total. The van der Waals surface area contributed by atoms with Crippen molar-refractivity contribution in [3.05, 3.63) is 36.2 Å². The summed E-state index contributed by atoms with van der Waals surface area (Å²) in [5.74, 6) is 1.25. The number of hydrogen-bond acceptors (Lipinski definition) is 5. The van der Waals surface area contributed by atoms with Crippen molar-refractivity contribution in [3.63, 3.8) is 0 Å². The first kappa shape index (κ1) is 9.39. The highest BCUT2D eigenvalue weighted by Crippen LogP contribution is 2.19. The monoisotopic (exact) mass is 206 g/mol. The fourth-order valence-corrected chi connectivity index (χ4v) is 1.12. The number of hydrogen-bond donors (Lipinski definition) is 2. The van der Waals surface area contributed by atoms with Crippen LogP contribution >= 0.6 is 0 Å². The van der Waals surface area contributed by atoms with Crippen molar-refractivity contribution in [1.82, 2.24) is 4.98 Å². The molecule has 5 nitrogen and oxygen atoms in total. The number of anilines is 1. The van der Waals surface area contributed by atoms with Gasteiger partial charge in [0.1, 0.15) is 18.1 Å². The normalized spacial score (nSPS) is 10.1. The number of oxazole rings is 1. The number of phenols is 1. The largest absolute Gasteiger partial charge is 0.508 e. The van der Waals surface area contributed by atoms with Crippen LogP contribution in [-0.2, 0) is 6.61 Å². The molecule has 1 heterocycles. The van der Waals surface area contributed by atoms with Gasteiger partial charge < -0.3 is 20.0 Å². The molecule has 0 saturated heterocycles. The molecule has 0 radical (unpaired) electrons. The quantitative estimate of drug-likeness (QED) is 0.796. The zero-order valence-corrected chi connectivity index (χ0v) is 7.88. The van der Waals surface area contributed by atoms with Crippen LogP contribution in [-0.4, -0.2) is 10.1 Å². The van der Waals surface area contributed by atoms with Crippen molar-refractivity contribution in [1.29, 1.82) is 0 Å². The average Bonchev–Trinajstić information content (AvgIpc) is 2.62. The van der Waals surface area contributed by atoms with Crippen molar-refractivity contribution in [3.8, 4) is 11.5 Å². The van der Waals surface area contributed by atoms with Gasteiger partial charge in [0.2, 0.25) is 0 Å². The summed E-state index contributed by atoms with van der Waals surface area (Å²) in [7, 11) is 0. The van der Waals surface area contributed by atoms with Gasteiger partial charge in [-0.05, 0) is 12.1 Å². The highest BCUT2D eigenvalue weighted by atomic mass is 16.5. The molecule has 2 aromatic rings. The van der Waals surface area contributed by atoms with E-state index in [1.807, 2.05) is 0 Å². The second-order valence-corrected chi connectivity index (χ2v) is 2.95. The van der Waals surface area contributed by atoms with E-state index in [0.29, 0.717) is 11.5 Å². The SMILES string of the molecule is Nc1ncc(COc2cccc(O)c2)o1. The summed E-state index contributed by atoms with van der Waals surface area (Å²) in [4.78, 5) is 3.73. The number of nitrogens with zero attached hydrogens (tertiary/aromatic N) is 1. The Kier molecular flexibility index (Phi) is 2.45. The van der Waals surface area contributed by atoms with Gasteiger partial charge >= 0.3 is 0 Å². The summed E-state index contributed by atoms with van der Waals surface area (Å²) in [6.07, 6.45) is 1.50. The topological polar surface area (TPSA) is 81.5 Å². The van der Waals surface area contributed by atoms with Crippen molar-refractivity contribution < 1.29 is 14.3 Å². The van der Waals surface area contributed by atoms with Crippen LogP contribution in [0.2, 0.25) is 0 Å². The van der Waals surface area contributed by atoms with E-state index in [4.69, 9.17) is 14.9 Å². The van der Waals surface area contributed by atoms with Crippen LogP contribution in [0.5, 0.6) is 11.5 Å². The first-order valence-electron chi connectivity index (χ1n) is 4.36. The van der Waals surface area contributed by atoms with E-state index in [0.717, 1.165) is 0 Å². The Bertz CT molecular complexity index is 453. The molecule has 0 atom stereocenters. The fourth-order valence-electron chi connectivity index (χ4n) is 1.12. The van der Waals surface area contributed by atoms with Gasteiger partial charge in [-0.15, -0.1) is 0 Å². The van der Waals surface area contributed by atoms with Crippen LogP contribution < -0.4 is 10.5 Å². The summed E-state index contributed by atoms with van der Waals surface area (Å²) in [5, 5.41) is 9.18. The molecular formula is C10H10N2O3. The molecule has 0 aliphatic carbocycles. The first-order valence-corrected chi connectivity index (χ1v) is 4.36. The van der Waals surface area contributed by atoms with Gasteiger partial charge in [-0.1, -0.05) is 6.07 Å². The molecule has 1 aromatic heterocycles. The molecule has 15 heavy (non-hydrogen) atoms. The van der Waals surface area contributed by atoms with E-state index in [2.05, 4.69) is 4.98 Å². The molecule has 2 rings (SSSR count). The summed E-state index contributed by atoms with van der Waals surface area (Å²) in [5.41, 5.74) is 5.30. The zero-order valence-electron chi connectivity index (χ0n) is 7.88. The number of rotatable bonds is 3. The van der Waals surface area contributed by atoms with Crippen LogP contribution in [0.3, 0.4) is 0 Å². The van der Waals surface area contributed by atoms with Crippen molar-refractivity contribution >= 4 is 6.01 Å². The van der Waals surface area contributed by atoms with Gasteiger partial charge in [-0.2, -0.15) is 0 Å². The Morgan fingerprint density at radius 3 is 3.00 bits per heavy atom. The molecule has 0 bridgehead atoms. The standard InChI is InChI=1S/C10H10N2O3/c11-10-12-5-9(15-10)6-14-8-3-1-2-7(13)4-8/h1-5,13H,6H2,(H2,11,12). The first-order chi connectivity index (χ1) is 7.24. The molecule has 0 aliphatic heterocycles. The van der Waals surface area contributed by atoms with Gasteiger partial charge in [-0.3, -0.25) is 0 Å². The number of nitrogen functional groups attached to an aromatic ring is 1. The minimum Gasteiger partial charge on any atom is -0.508 e. The Morgan fingerprint density at radius 1 is 1.47 bits per heavy atom. The third-order valence-corrected chi connectivity index (χ3v) is 1.77. The van der Waals surface area contributed by atoms with Crippen molar-refractivity contribution in [2.75, 3.05) is 5.73 Å². The molecule has 0 unspecified atom stereocenters. The lowest BCUT2D eigenvalue weighted by molar-refractivity contribution is 0.271. The van der Waals surface area contributed by atoms with E-state index >= 15 is 0 Å². The van der Waals surface area contributed by atoms with Crippen LogP contribution in [0.15, 0.2) is 34.9 Å². The van der Waals surface area contributed by atoms with Gasteiger partial charge in [0.15, 0.2) is 5.76 Å². The van der Waals surface area contributed by atoms with E-state index in [1.165, 1.54) is 12.3 Å². The Labute approximate surface area is 86.1 Å². The predicted octanol–water partition coefficient (Wildman–Crippen LogP) is 1.54. The summed E-state index contributed by atoms with van der Waals surface area (Å²) in [6, 6.07) is 6.63. The van der Waals surface area contributed by atoms with Crippen molar-refractivity contribution in [2.45, 2.75) is 6.61 Å². The van der Waals surface area contributed by atoms with E-state index in [-0.39, 0.29) is 18.4 Å². The molecule has 0 saturated carbocycles.